The van der Waals surface area contributed by atoms with Gasteiger partial charge in [-0.15, -0.1) is 11.8 Å². The smallest absolute Gasteiger partial charge is 0.213 e. The lowest BCUT2D eigenvalue weighted by molar-refractivity contribution is 0.412. The van der Waals surface area contributed by atoms with Gasteiger partial charge in [0.1, 0.15) is 0 Å². The molecule has 2 N–H and O–H groups in total. The zero-order chi connectivity index (χ0) is 11.4. The molecule has 0 radical (unpaired) electrons. The minimum Gasteiger partial charge on any atom is -0.343 e. The molecule has 84 valence electrons. The Morgan fingerprint density at radius 1 is 1.50 bits per heavy atom. The quantitative estimate of drug-likeness (QED) is 0.824. The van der Waals surface area contributed by atoms with Gasteiger partial charge in [-0.25, -0.2) is 0 Å². The van der Waals surface area contributed by atoms with Crippen molar-refractivity contribution in [1.82, 2.24) is 10.1 Å². The molecule has 0 saturated heterocycles. The minimum atomic E-state index is 0.0609. The average molecular weight is 235 g/mol. The first-order chi connectivity index (χ1) is 7.75. The largest absolute Gasteiger partial charge is 0.343 e. The van der Waals surface area contributed by atoms with Crippen molar-refractivity contribution in [2.45, 2.75) is 23.6 Å². The van der Waals surface area contributed by atoms with Crippen molar-refractivity contribution in [3.8, 4) is 0 Å². The molecule has 1 atom stereocenters. The van der Waals surface area contributed by atoms with Gasteiger partial charge in [0, 0.05) is 10.9 Å². The predicted molar refractivity (Wildman–Crippen MR) is 62.9 cm³/mol. The van der Waals surface area contributed by atoms with Crippen LogP contribution in [0.15, 0.2) is 40.1 Å². The molecule has 0 spiro atoms. The van der Waals surface area contributed by atoms with Gasteiger partial charge in [-0.05, 0) is 24.6 Å². The van der Waals surface area contributed by atoms with E-state index in [0.29, 0.717) is 11.6 Å². The Morgan fingerprint density at radius 3 is 3.06 bits per heavy atom. The van der Waals surface area contributed by atoms with E-state index in [4.69, 9.17) is 5.73 Å². The van der Waals surface area contributed by atoms with Crippen molar-refractivity contribution in [3.63, 3.8) is 0 Å². The van der Waals surface area contributed by atoms with Crippen molar-refractivity contribution in [3.05, 3.63) is 42.0 Å². The lowest BCUT2D eigenvalue weighted by Crippen LogP contribution is -2.04. The normalized spacial score (nSPS) is 12.6. The van der Waals surface area contributed by atoms with Crippen LogP contribution in [-0.4, -0.2) is 10.1 Å². The van der Waals surface area contributed by atoms with E-state index in [-0.39, 0.29) is 6.04 Å². The molecule has 0 aliphatic heterocycles. The Hall–Kier alpha value is -1.33. The summed E-state index contributed by atoms with van der Waals surface area (Å²) in [7, 11) is 0. The molecule has 4 nitrogen and oxygen atoms in total. The summed E-state index contributed by atoms with van der Waals surface area (Å²) in [6.45, 7) is 1.98. The number of hydrogen-bond acceptors (Lipinski definition) is 5. The molecule has 0 saturated carbocycles. The molecule has 0 aliphatic rings. The van der Waals surface area contributed by atoms with Gasteiger partial charge in [0.25, 0.3) is 0 Å². The Kier molecular flexibility index (Phi) is 3.58. The molecule has 0 aliphatic carbocycles. The topological polar surface area (TPSA) is 64.9 Å². The number of rotatable bonds is 4. The molecule has 0 bridgehead atoms. The van der Waals surface area contributed by atoms with Crippen LogP contribution in [-0.2, 0) is 5.75 Å². The van der Waals surface area contributed by atoms with E-state index in [1.54, 1.807) is 11.8 Å². The molecule has 5 heteroatoms. The Morgan fingerprint density at radius 2 is 2.38 bits per heavy atom. The lowest BCUT2D eigenvalue weighted by Gasteiger charge is -2.06. The molecule has 2 aromatic rings. The van der Waals surface area contributed by atoms with Crippen molar-refractivity contribution in [2.24, 2.45) is 5.73 Å². The molecule has 1 aromatic carbocycles. The highest BCUT2D eigenvalue weighted by atomic mass is 32.2. The van der Waals surface area contributed by atoms with Gasteiger partial charge in [0.15, 0.2) is 5.82 Å². The zero-order valence-corrected chi connectivity index (χ0v) is 9.78. The van der Waals surface area contributed by atoms with Crippen molar-refractivity contribution >= 4 is 11.8 Å². The molecule has 0 amide bonds. The van der Waals surface area contributed by atoms with Crippen molar-refractivity contribution in [2.75, 3.05) is 0 Å². The maximum atomic E-state index is 5.82. The fourth-order valence-corrected chi connectivity index (χ4v) is 2.11. The van der Waals surface area contributed by atoms with Gasteiger partial charge in [-0.3, -0.25) is 0 Å². The summed E-state index contributed by atoms with van der Waals surface area (Å²) < 4.78 is 4.67. The third kappa shape index (κ3) is 2.84. The zero-order valence-electron chi connectivity index (χ0n) is 8.96. The maximum Gasteiger partial charge on any atom is 0.213 e. The standard InChI is InChI=1S/C11H13N3OS/c1-8(12)9-3-2-4-10(5-9)16-6-11-13-7-15-14-11/h2-5,7-8H,6,12H2,1H3. The number of benzene rings is 1. The molecular weight excluding hydrogens is 222 g/mol. The molecule has 0 fully saturated rings. The van der Waals surface area contributed by atoms with Gasteiger partial charge in [-0.2, -0.15) is 4.98 Å². The first kappa shape index (κ1) is 11.2. The van der Waals surface area contributed by atoms with Gasteiger partial charge in [0.05, 0.1) is 5.75 Å². The summed E-state index contributed by atoms with van der Waals surface area (Å²) in [5, 5.41) is 3.76. The second kappa shape index (κ2) is 5.14. The summed E-state index contributed by atoms with van der Waals surface area (Å²) in [5.74, 6) is 1.41. The van der Waals surface area contributed by atoms with Gasteiger partial charge >= 0.3 is 0 Å². The highest BCUT2D eigenvalue weighted by Gasteiger charge is 2.03. The summed E-state index contributed by atoms with van der Waals surface area (Å²) in [6.07, 6.45) is 1.34. The first-order valence-corrected chi connectivity index (χ1v) is 5.98. The molecular formula is C11H13N3OS. The second-order valence-electron chi connectivity index (χ2n) is 3.50. The molecule has 16 heavy (non-hydrogen) atoms. The Balaban J connectivity index is 2.01. The summed E-state index contributed by atoms with van der Waals surface area (Å²) in [5.41, 5.74) is 6.96. The van der Waals surface area contributed by atoms with Crippen LogP contribution in [0.3, 0.4) is 0 Å². The number of hydrogen-bond donors (Lipinski definition) is 1. The van der Waals surface area contributed by atoms with Gasteiger partial charge in [-0.1, -0.05) is 17.3 Å². The number of thioether (sulfide) groups is 1. The fraction of sp³-hybridized carbons (Fsp3) is 0.273. The fourth-order valence-electron chi connectivity index (χ4n) is 1.29. The van der Waals surface area contributed by atoms with Crippen LogP contribution < -0.4 is 5.73 Å². The van der Waals surface area contributed by atoms with E-state index in [0.717, 1.165) is 5.56 Å². The monoisotopic (exact) mass is 235 g/mol. The molecule has 1 heterocycles. The van der Waals surface area contributed by atoms with Crippen LogP contribution >= 0.6 is 11.8 Å². The van der Waals surface area contributed by atoms with E-state index >= 15 is 0 Å². The Bertz CT molecular complexity index is 442. The van der Waals surface area contributed by atoms with Crippen LogP contribution in [0, 0.1) is 0 Å². The van der Waals surface area contributed by atoms with E-state index in [2.05, 4.69) is 26.8 Å². The summed E-state index contributed by atoms with van der Waals surface area (Å²) >= 11 is 1.67. The first-order valence-electron chi connectivity index (χ1n) is 4.99. The van der Waals surface area contributed by atoms with Gasteiger partial charge in [0.2, 0.25) is 6.39 Å². The van der Waals surface area contributed by atoms with E-state index < -0.39 is 0 Å². The highest BCUT2D eigenvalue weighted by Crippen LogP contribution is 2.23. The second-order valence-corrected chi connectivity index (χ2v) is 4.55. The van der Waals surface area contributed by atoms with Crippen LogP contribution in [0.2, 0.25) is 0 Å². The number of aromatic nitrogens is 2. The van der Waals surface area contributed by atoms with Crippen LogP contribution in [0.5, 0.6) is 0 Å². The van der Waals surface area contributed by atoms with Crippen molar-refractivity contribution < 1.29 is 4.52 Å². The summed E-state index contributed by atoms with van der Waals surface area (Å²) in [6, 6.07) is 8.25. The SMILES string of the molecule is CC(N)c1cccc(SCc2ncon2)c1. The Labute approximate surface area is 98.2 Å². The number of nitrogens with zero attached hydrogens (tertiary/aromatic N) is 2. The molecule has 2 rings (SSSR count). The van der Waals surface area contributed by atoms with E-state index in [9.17, 15) is 0 Å². The lowest BCUT2D eigenvalue weighted by atomic mass is 10.1. The molecule has 1 aromatic heterocycles. The minimum absolute atomic E-state index is 0.0609. The van der Waals surface area contributed by atoms with E-state index in [1.807, 2.05) is 19.1 Å². The summed E-state index contributed by atoms with van der Waals surface area (Å²) in [4.78, 5) is 5.13. The highest BCUT2D eigenvalue weighted by molar-refractivity contribution is 7.98. The third-order valence-electron chi connectivity index (χ3n) is 2.16. The number of nitrogens with two attached hydrogens (primary N) is 1. The van der Waals surface area contributed by atoms with Crippen LogP contribution in [0.1, 0.15) is 24.4 Å². The predicted octanol–water partition coefficient (Wildman–Crippen LogP) is 2.38. The van der Waals surface area contributed by atoms with Crippen LogP contribution in [0.25, 0.3) is 0 Å². The van der Waals surface area contributed by atoms with Crippen molar-refractivity contribution in [1.29, 1.82) is 0 Å². The molecule has 1 unspecified atom stereocenters. The van der Waals surface area contributed by atoms with E-state index in [1.165, 1.54) is 11.3 Å². The average Bonchev–Trinajstić information content (AvgIpc) is 2.79. The van der Waals surface area contributed by atoms with Crippen LogP contribution in [0.4, 0.5) is 0 Å². The van der Waals surface area contributed by atoms with Gasteiger partial charge < -0.3 is 10.3 Å². The third-order valence-corrected chi connectivity index (χ3v) is 3.15. The maximum absolute atomic E-state index is 5.82.